The van der Waals surface area contributed by atoms with Crippen LogP contribution in [0.4, 0.5) is 4.39 Å². The molecule has 0 bridgehead atoms. The summed E-state index contributed by atoms with van der Waals surface area (Å²) in [7, 11) is -3.91. The minimum Gasteiger partial charge on any atom is -0.294 e. The molecule has 0 radical (unpaired) electrons. The Morgan fingerprint density at radius 3 is 2.50 bits per heavy atom. The lowest BCUT2D eigenvalue weighted by molar-refractivity contribution is 0.0983. The molecule has 0 atom stereocenters. The first-order valence-electron chi connectivity index (χ1n) is 8.06. The third-order valence-electron chi connectivity index (χ3n) is 4.15. The Morgan fingerprint density at radius 1 is 1.15 bits per heavy atom. The predicted molar refractivity (Wildman–Crippen MR) is 99.9 cm³/mol. The molecule has 0 N–H and O–H groups in total. The fourth-order valence-corrected chi connectivity index (χ4v) is 4.28. The van der Waals surface area contributed by atoms with Crippen molar-refractivity contribution in [2.45, 2.75) is 24.7 Å². The number of carbonyl (C=O) groups excluding carboxylic acids is 1. The second kappa shape index (κ2) is 7.21. The van der Waals surface area contributed by atoms with Crippen molar-refractivity contribution in [3.63, 3.8) is 0 Å². The highest BCUT2D eigenvalue weighted by atomic mass is 35.5. The normalized spacial score (nSPS) is 11.8. The quantitative estimate of drug-likeness (QED) is 0.456. The molecular formula is C19H17ClFNO3S. The Kier molecular flexibility index (Phi) is 5.16. The first-order chi connectivity index (χ1) is 12.3. The summed E-state index contributed by atoms with van der Waals surface area (Å²) in [6, 6.07) is 10.1. The van der Waals surface area contributed by atoms with Crippen LogP contribution in [0.5, 0.6) is 0 Å². The summed E-state index contributed by atoms with van der Waals surface area (Å²) >= 11 is 5.63. The van der Waals surface area contributed by atoms with Crippen LogP contribution in [0.1, 0.15) is 28.8 Å². The number of aromatic nitrogens is 1. The first-order valence-corrected chi connectivity index (χ1v) is 10.0. The molecule has 0 saturated carbocycles. The second-order valence-electron chi connectivity index (χ2n) is 6.03. The van der Waals surface area contributed by atoms with Gasteiger partial charge in [-0.3, -0.25) is 4.79 Å². The van der Waals surface area contributed by atoms with E-state index in [0.717, 1.165) is 9.54 Å². The summed E-state index contributed by atoms with van der Waals surface area (Å²) in [6.07, 6.45) is 1.91. The molecule has 0 spiro atoms. The molecule has 0 unspecified atom stereocenters. The Hall–Kier alpha value is -2.18. The van der Waals surface area contributed by atoms with E-state index in [2.05, 4.69) is 0 Å². The molecule has 0 aliphatic carbocycles. The van der Waals surface area contributed by atoms with Crippen molar-refractivity contribution in [3.8, 4) is 0 Å². The van der Waals surface area contributed by atoms with E-state index < -0.39 is 15.8 Å². The molecule has 0 saturated heterocycles. The zero-order valence-corrected chi connectivity index (χ0v) is 15.6. The number of hydrogen-bond acceptors (Lipinski definition) is 3. The monoisotopic (exact) mass is 393 g/mol. The van der Waals surface area contributed by atoms with E-state index in [9.17, 15) is 17.6 Å². The van der Waals surface area contributed by atoms with Crippen molar-refractivity contribution in [2.75, 3.05) is 5.88 Å². The molecule has 3 rings (SSSR count). The molecule has 136 valence electrons. The number of carbonyl (C=O) groups is 1. The number of hydrogen-bond donors (Lipinski definition) is 0. The van der Waals surface area contributed by atoms with Crippen LogP contribution in [-0.4, -0.2) is 24.1 Å². The molecule has 1 heterocycles. The van der Waals surface area contributed by atoms with Gasteiger partial charge in [-0.15, -0.1) is 11.6 Å². The van der Waals surface area contributed by atoms with Crippen molar-refractivity contribution in [3.05, 3.63) is 65.6 Å². The molecule has 0 aliphatic heterocycles. The van der Waals surface area contributed by atoms with Crippen molar-refractivity contribution in [1.29, 1.82) is 0 Å². The molecule has 7 heteroatoms. The first kappa shape index (κ1) is 18.6. The van der Waals surface area contributed by atoms with E-state index >= 15 is 0 Å². The lowest BCUT2D eigenvalue weighted by Crippen LogP contribution is -2.12. The van der Waals surface area contributed by atoms with Gasteiger partial charge in [-0.25, -0.2) is 16.8 Å². The number of nitrogens with zero attached hydrogens (tertiary/aromatic N) is 1. The van der Waals surface area contributed by atoms with Gasteiger partial charge in [0.1, 0.15) is 5.82 Å². The number of ketones is 1. The molecule has 26 heavy (non-hydrogen) atoms. The number of rotatable bonds is 6. The highest BCUT2D eigenvalue weighted by Crippen LogP contribution is 2.28. The summed E-state index contributed by atoms with van der Waals surface area (Å²) in [5.74, 6) is -0.478. The molecule has 3 aromatic rings. The zero-order valence-electron chi connectivity index (χ0n) is 14.1. The van der Waals surface area contributed by atoms with Crippen molar-refractivity contribution in [2.24, 2.45) is 0 Å². The highest BCUT2D eigenvalue weighted by Gasteiger charge is 2.23. The molecular weight excluding hydrogens is 377 g/mol. The van der Waals surface area contributed by atoms with Gasteiger partial charge in [0.2, 0.25) is 0 Å². The summed E-state index contributed by atoms with van der Waals surface area (Å²) in [5.41, 5.74) is 1.38. The SMILES string of the molecule is Cc1ccc(S(=O)(=O)n2cc(C(=O)CCCCl)c3cc(F)ccc32)cc1. The molecule has 4 nitrogen and oxygen atoms in total. The summed E-state index contributed by atoms with van der Waals surface area (Å²) in [4.78, 5) is 12.6. The minimum absolute atomic E-state index is 0.101. The van der Waals surface area contributed by atoms with E-state index in [0.29, 0.717) is 12.3 Å². The summed E-state index contributed by atoms with van der Waals surface area (Å²) in [6.45, 7) is 1.86. The van der Waals surface area contributed by atoms with Gasteiger partial charge in [0.15, 0.2) is 5.78 Å². The Morgan fingerprint density at radius 2 is 1.85 bits per heavy atom. The third-order valence-corrected chi connectivity index (χ3v) is 6.10. The fourth-order valence-electron chi connectivity index (χ4n) is 2.78. The summed E-state index contributed by atoms with van der Waals surface area (Å²) < 4.78 is 40.8. The van der Waals surface area contributed by atoms with Crippen molar-refractivity contribution in [1.82, 2.24) is 3.97 Å². The van der Waals surface area contributed by atoms with Gasteiger partial charge < -0.3 is 0 Å². The van der Waals surface area contributed by atoms with Crippen molar-refractivity contribution < 1.29 is 17.6 Å². The van der Waals surface area contributed by atoms with Gasteiger partial charge in [0.05, 0.1) is 10.4 Å². The molecule has 0 fully saturated rings. The molecule has 2 aromatic carbocycles. The predicted octanol–water partition coefficient (Wildman–Crippen LogP) is 4.53. The lowest BCUT2D eigenvalue weighted by Gasteiger charge is -2.07. The third kappa shape index (κ3) is 3.39. The van der Waals surface area contributed by atoms with Gasteiger partial charge >= 0.3 is 0 Å². The van der Waals surface area contributed by atoms with E-state index in [1.54, 1.807) is 12.1 Å². The largest absolute Gasteiger partial charge is 0.294 e. The van der Waals surface area contributed by atoms with E-state index in [1.807, 2.05) is 6.92 Å². The van der Waals surface area contributed by atoms with Gasteiger partial charge in [0, 0.05) is 29.4 Å². The topological polar surface area (TPSA) is 56.1 Å². The average molecular weight is 394 g/mol. The fraction of sp³-hybridized carbons (Fsp3) is 0.211. The van der Waals surface area contributed by atoms with Crippen LogP contribution in [0.2, 0.25) is 0 Å². The maximum Gasteiger partial charge on any atom is 0.268 e. The van der Waals surface area contributed by atoms with Crippen LogP contribution in [0.25, 0.3) is 10.9 Å². The summed E-state index contributed by atoms with van der Waals surface area (Å²) in [5, 5.41) is 0.278. The number of alkyl halides is 1. The Labute approximate surface area is 156 Å². The average Bonchev–Trinajstić information content (AvgIpc) is 2.99. The number of benzene rings is 2. The van der Waals surface area contributed by atoms with E-state index in [-0.39, 0.29) is 33.6 Å². The minimum atomic E-state index is -3.91. The van der Waals surface area contributed by atoms with Crippen LogP contribution in [0.3, 0.4) is 0 Å². The van der Waals surface area contributed by atoms with Gasteiger partial charge in [-0.05, 0) is 43.7 Å². The maximum atomic E-state index is 13.7. The number of Topliss-reactive ketones (excluding diaryl/α,β-unsaturated/α-hetero) is 1. The van der Waals surface area contributed by atoms with Crippen LogP contribution < -0.4 is 0 Å². The standard InChI is InChI=1S/C19H17ClFNO3S/c1-13-4-7-15(8-5-13)26(24,25)22-12-17(19(23)3-2-10-20)16-11-14(21)6-9-18(16)22/h4-9,11-12H,2-3,10H2,1H3. The van der Waals surface area contributed by atoms with Crippen LogP contribution in [-0.2, 0) is 10.0 Å². The zero-order chi connectivity index (χ0) is 18.9. The number of aryl methyl sites for hydroxylation is 1. The Bertz CT molecular complexity index is 1070. The van der Waals surface area contributed by atoms with E-state index in [4.69, 9.17) is 11.6 Å². The van der Waals surface area contributed by atoms with Crippen LogP contribution >= 0.6 is 11.6 Å². The van der Waals surface area contributed by atoms with Gasteiger partial charge in [0.25, 0.3) is 10.0 Å². The number of fused-ring (bicyclic) bond motifs is 1. The lowest BCUT2D eigenvalue weighted by atomic mass is 10.1. The van der Waals surface area contributed by atoms with E-state index in [1.165, 1.54) is 36.5 Å². The molecule has 0 amide bonds. The number of halogens is 2. The second-order valence-corrected chi connectivity index (χ2v) is 8.23. The van der Waals surface area contributed by atoms with Crippen molar-refractivity contribution >= 4 is 38.3 Å². The smallest absolute Gasteiger partial charge is 0.268 e. The van der Waals surface area contributed by atoms with Crippen LogP contribution in [0, 0.1) is 12.7 Å². The molecule has 1 aromatic heterocycles. The Balaban J connectivity index is 2.20. The van der Waals surface area contributed by atoms with Gasteiger partial charge in [-0.2, -0.15) is 0 Å². The van der Waals surface area contributed by atoms with Crippen LogP contribution in [0.15, 0.2) is 53.6 Å². The molecule has 0 aliphatic rings. The van der Waals surface area contributed by atoms with Gasteiger partial charge in [-0.1, -0.05) is 17.7 Å². The maximum absolute atomic E-state index is 13.7. The highest BCUT2D eigenvalue weighted by molar-refractivity contribution is 7.90.